The Morgan fingerprint density at radius 3 is 2.70 bits per heavy atom. The Morgan fingerprint density at radius 2 is 2.30 bits per heavy atom. The maximum absolute atomic E-state index is 4.83. The molecule has 0 saturated carbocycles. The zero-order chi connectivity index (χ0) is 6.69. The van der Waals surface area contributed by atoms with Crippen molar-refractivity contribution in [3.8, 4) is 5.88 Å². The van der Waals surface area contributed by atoms with E-state index in [0.717, 1.165) is 5.69 Å². The fourth-order valence-electron chi connectivity index (χ4n) is 0.568. The number of ether oxygens (including phenoxy) is 1. The molecular formula is C7H8NOW-. The van der Waals surface area contributed by atoms with Gasteiger partial charge in [0.25, 0.3) is 0 Å². The predicted octanol–water partition coefficient (Wildman–Crippen LogP) is 1.20. The van der Waals surface area contributed by atoms with Crippen LogP contribution < -0.4 is 4.74 Å². The number of pyridine rings is 1. The Labute approximate surface area is 74.9 Å². The molecule has 0 aliphatic heterocycles. The van der Waals surface area contributed by atoms with Gasteiger partial charge in [0.2, 0.25) is 0 Å². The van der Waals surface area contributed by atoms with E-state index in [9.17, 15) is 0 Å². The third kappa shape index (κ3) is 2.49. The molecule has 1 heterocycles. The van der Waals surface area contributed by atoms with Crippen LogP contribution in [-0.2, 0) is 21.1 Å². The van der Waals surface area contributed by atoms with E-state index in [4.69, 9.17) is 4.74 Å². The van der Waals surface area contributed by atoms with Crippen LogP contribution in [0.25, 0.3) is 0 Å². The molecule has 0 unspecified atom stereocenters. The van der Waals surface area contributed by atoms with Crippen molar-refractivity contribution in [2.45, 2.75) is 6.92 Å². The van der Waals surface area contributed by atoms with Gasteiger partial charge in [-0.15, -0.1) is 0 Å². The summed E-state index contributed by atoms with van der Waals surface area (Å²) in [5.74, 6) is 0.551. The second-order valence-corrected chi connectivity index (χ2v) is 1.74. The fraction of sp³-hybridized carbons (Fsp3) is 0.286. The van der Waals surface area contributed by atoms with Gasteiger partial charge in [0.15, 0.2) is 0 Å². The minimum absolute atomic E-state index is 0. The van der Waals surface area contributed by atoms with Gasteiger partial charge in [0.05, 0.1) is 7.11 Å². The summed E-state index contributed by atoms with van der Waals surface area (Å²) in [6.07, 6.45) is 0. The number of aromatic nitrogens is 1. The molecule has 2 nitrogen and oxygen atoms in total. The van der Waals surface area contributed by atoms with E-state index in [1.807, 2.05) is 13.0 Å². The van der Waals surface area contributed by atoms with Crippen LogP contribution >= 0.6 is 0 Å². The maximum Gasteiger partial charge on any atom is 0.116 e. The van der Waals surface area contributed by atoms with Gasteiger partial charge in [-0.2, -0.15) is 12.1 Å². The number of rotatable bonds is 1. The summed E-state index contributed by atoms with van der Waals surface area (Å²) in [7, 11) is 1.58. The molecule has 1 aromatic heterocycles. The van der Waals surface area contributed by atoms with Crippen LogP contribution in [0.4, 0.5) is 0 Å². The molecule has 0 spiro atoms. The van der Waals surface area contributed by atoms with Crippen molar-refractivity contribution in [3.63, 3.8) is 0 Å². The zero-order valence-electron chi connectivity index (χ0n) is 5.92. The summed E-state index contributed by atoms with van der Waals surface area (Å²) in [5.41, 5.74) is 0.950. The van der Waals surface area contributed by atoms with Crippen molar-refractivity contribution in [2.24, 2.45) is 0 Å². The second kappa shape index (κ2) is 4.45. The van der Waals surface area contributed by atoms with Crippen LogP contribution in [0.3, 0.4) is 0 Å². The predicted molar refractivity (Wildman–Crippen MR) is 34.4 cm³/mol. The molecule has 0 aliphatic rings. The summed E-state index contributed by atoms with van der Waals surface area (Å²) in [4.78, 5) is 4.01. The first-order chi connectivity index (χ1) is 4.33. The zero-order valence-corrected chi connectivity index (χ0v) is 8.85. The van der Waals surface area contributed by atoms with Crippen molar-refractivity contribution in [1.82, 2.24) is 4.98 Å². The number of aryl methyl sites for hydroxylation is 1. The number of hydrogen-bond donors (Lipinski definition) is 0. The Bertz CT molecular complexity index is 203. The van der Waals surface area contributed by atoms with Gasteiger partial charge >= 0.3 is 0 Å². The Kier molecular flexibility index (Phi) is 4.29. The molecule has 3 heteroatoms. The molecule has 0 radical (unpaired) electrons. The van der Waals surface area contributed by atoms with Crippen LogP contribution in [0.2, 0.25) is 0 Å². The minimum Gasteiger partial charge on any atom is -0.497 e. The molecule has 1 aromatic rings. The molecule has 0 N–H and O–H groups in total. The summed E-state index contributed by atoms with van der Waals surface area (Å²) in [6, 6.07) is 6.50. The summed E-state index contributed by atoms with van der Waals surface area (Å²) in [6.45, 7) is 1.91. The number of methoxy groups -OCH3 is 1. The van der Waals surface area contributed by atoms with Crippen LogP contribution in [0.15, 0.2) is 12.1 Å². The fourth-order valence-corrected chi connectivity index (χ4v) is 0.568. The Morgan fingerprint density at radius 1 is 1.60 bits per heavy atom. The van der Waals surface area contributed by atoms with Gasteiger partial charge in [-0.25, -0.2) is 6.07 Å². The topological polar surface area (TPSA) is 22.1 Å². The van der Waals surface area contributed by atoms with Crippen LogP contribution in [0.1, 0.15) is 5.69 Å². The molecular weight excluding hydrogens is 298 g/mol. The average Bonchev–Trinajstić information content (AvgIpc) is 1.88. The molecule has 0 aliphatic carbocycles. The van der Waals surface area contributed by atoms with E-state index < -0.39 is 0 Å². The summed E-state index contributed by atoms with van der Waals surface area (Å²) >= 11 is 0. The third-order valence-corrected chi connectivity index (χ3v) is 1.00. The second-order valence-electron chi connectivity index (χ2n) is 1.74. The Balaban J connectivity index is 0.000000810. The van der Waals surface area contributed by atoms with Crippen LogP contribution in [0, 0.1) is 13.0 Å². The molecule has 0 saturated heterocycles. The molecule has 0 amide bonds. The number of hydrogen-bond acceptors (Lipinski definition) is 2. The van der Waals surface area contributed by atoms with Crippen molar-refractivity contribution < 1.29 is 25.8 Å². The maximum atomic E-state index is 4.83. The van der Waals surface area contributed by atoms with Gasteiger partial charge in [-0.1, -0.05) is 0 Å². The van der Waals surface area contributed by atoms with E-state index in [-0.39, 0.29) is 21.1 Å². The van der Waals surface area contributed by atoms with E-state index in [0.29, 0.717) is 5.88 Å². The third-order valence-electron chi connectivity index (χ3n) is 1.00. The van der Waals surface area contributed by atoms with Gasteiger partial charge in [-0.3, -0.25) is 4.98 Å². The number of nitrogens with zero attached hydrogens (tertiary/aromatic N) is 1. The van der Waals surface area contributed by atoms with Gasteiger partial charge in [0, 0.05) is 21.1 Å². The standard InChI is InChI=1S/C7H8NO.W/c1-6-4-3-5-7(8-6)9-2;/h3-4H,1-2H3;/q-1;. The van der Waals surface area contributed by atoms with E-state index in [1.54, 1.807) is 13.2 Å². The Hall–Kier alpha value is -0.362. The first kappa shape index (κ1) is 9.64. The quantitative estimate of drug-likeness (QED) is 0.727. The molecule has 0 fully saturated rings. The molecule has 0 aromatic carbocycles. The van der Waals surface area contributed by atoms with Gasteiger partial charge < -0.3 is 4.74 Å². The van der Waals surface area contributed by atoms with Crippen molar-refractivity contribution in [3.05, 3.63) is 23.9 Å². The van der Waals surface area contributed by atoms with E-state index in [1.165, 1.54) is 0 Å². The summed E-state index contributed by atoms with van der Waals surface area (Å²) < 4.78 is 4.83. The van der Waals surface area contributed by atoms with E-state index in [2.05, 4.69) is 11.1 Å². The molecule has 0 bridgehead atoms. The van der Waals surface area contributed by atoms with Crippen LogP contribution in [-0.4, -0.2) is 12.1 Å². The van der Waals surface area contributed by atoms with Crippen molar-refractivity contribution in [2.75, 3.05) is 7.11 Å². The molecule has 1 rings (SSSR count). The van der Waals surface area contributed by atoms with Crippen molar-refractivity contribution >= 4 is 0 Å². The monoisotopic (exact) mass is 306 g/mol. The molecule has 0 atom stereocenters. The smallest absolute Gasteiger partial charge is 0.116 e. The average molecular weight is 306 g/mol. The van der Waals surface area contributed by atoms with Crippen molar-refractivity contribution in [1.29, 1.82) is 0 Å². The normalized spacial score (nSPS) is 8.20. The minimum atomic E-state index is 0. The SMILES string of the molecule is COc1[c-]ccc(C)n1.[W]. The van der Waals surface area contributed by atoms with Crippen LogP contribution in [0.5, 0.6) is 5.88 Å². The van der Waals surface area contributed by atoms with E-state index >= 15 is 0 Å². The summed E-state index contributed by atoms with van der Waals surface area (Å²) in [5, 5.41) is 0. The largest absolute Gasteiger partial charge is 0.497 e. The van der Waals surface area contributed by atoms with Gasteiger partial charge in [0.1, 0.15) is 5.88 Å². The van der Waals surface area contributed by atoms with Gasteiger partial charge in [-0.05, 0) is 12.6 Å². The first-order valence-corrected chi connectivity index (χ1v) is 2.72. The first-order valence-electron chi connectivity index (χ1n) is 2.72. The molecule has 10 heavy (non-hydrogen) atoms. The molecule has 54 valence electrons.